The minimum absolute atomic E-state index is 0.0152. The molecule has 1 saturated heterocycles. The molecule has 4 nitrogen and oxygen atoms in total. The van der Waals surface area contributed by atoms with Crippen LogP contribution in [-0.4, -0.2) is 11.8 Å². The Morgan fingerprint density at radius 1 is 0.808 bits per heavy atom. The highest BCUT2D eigenvalue weighted by atomic mass is 35.5. The van der Waals surface area contributed by atoms with Crippen LogP contribution in [0, 0.1) is 23.7 Å². The van der Waals surface area contributed by atoms with Gasteiger partial charge in [-0.25, -0.2) is 0 Å². The van der Waals surface area contributed by atoms with E-state index in [4.69, 9.17) is 16.3 Å². The van der Waals surface area contributed by atoms with E-state index in [0.29, 0.717) is 34.0 Å². The van der Waals surface area contributed by atoms with Gasteiger partial charge in [-0.1, -0.05) is 11.6 Å². The molecule has 0 aromatic heterocycles. The number of amides is 2. The van der Waals surface area contributed by atoms with E-state index in [1.165, 1.54) is 4.90 Å². The van der Waals surface area contributed by atoms with Gasteiger partial charge in [-0.05, 0) is 79.6 Å². The van der Waals surface area contributed by atoms with Crippen LogP contribution in [0.25, 0.3) is 0 Å². The number of carbonyl (C=O) groups excluding carboxylic acids is 2. The number of fused-ring (bicyclic) bond motifs is 5. The third kappa shape index (κ3) is 2.36. The van der Waals surface area contributed by atoms with Crippen LogP contribution in [0.1, 0.15) is 19.3 Å². The summed E-state index contributed by atoms with van der Waals surface area (Å²) < 4.78 is 5.78. The Labute approximate surface area is 156 Å². The monoisotopic (exact) mass is 367 g/mol. The van der Waals surface area contributed by atoms with E-state index in [2.05, 4.69) is 0 Å². The van der Waals surface area contributed by atoms with Crippen molar-refractivity contribution in [2.45, 2.75) is 19.3 Å². The van der Waals surface area contributed by atoms with Crippen molar-refractivity contribution < 1.29 is 14.3 Å². The van der Waals surface area contributed by atoms with E-state index >= 15 is 0 Å². The third-order valence-electron chi connectivity index (χ3n) is 6.07. The zero-order valence-corrected chi connectivity index (χ0v) is 14.9. The fourth-order valence-corrected chi connectivity index (χ4v) is 5.09. The lowest BCUT2D eigenvalue weighted by Crippen LogP contribution is -2.32. The number of anilines is 1. The van der Waals surface area contributed by atoms with E-state index in [1.54, 1.807) is 48.5 Å². The van der Waals surface area contributed by atoms with E-state index < -0.39 is 0 Å². The summed E-state index contributed by atoms with van der Waals surface area (Å²) in [5.74, 6) is 1.92. The van der Waals surface area contributed by atoms with Gasteiger partial charge >= 0.3 is 0 Å². The van der Waals surface area contributed by atoms with E-state index in [9.17, 15) is 9.59 Å². The van der Waals surface area contributed by atoms with Crippen molar-refractivity contribution in [1.29, 1.82) is 0 Å². The number of benzene rings is 2. The summed E-state index contributed by atoms with van der Waals surface area (Å²) >= 11 is 5.88. The first-order valence-corrected chi connectivity index (χ1v) is 9.41. The smallest absolute Gasteiger partial charge is 0.237 e. The van der Waals surface area contributed by atoms with Crippen molar-refractivity contribution >= 4 is 29.1 Å². The Morgan fingerprint density at radius 2 is 1.31 bits per heavy atom. The van der Waals surface area contributed by atoms with Crippen LogP contribution >= 0.6 is 11.6 Å². The SMILES string of the molecule is O=C1[C@H]2[C@H]3CC[C@@H](C3)[C@@H]2C(=O)N1c1ccc(Oc2ccc(Cl)cc2)cc1. The standard InChI is InChI=1S/C21H18ClNO3/c22-14-3-7-16(8-4-14)26-17-9-5-15(6-10-17)23-20(24)18-12-1-2-13(11-12)19(18)21(23)25/h3-10,12-13,18-19H,1-2,11H2/t12-,13-,18-,19-/m0/s1. The van der Waals surface area contributed by atoms with Crippen molar-refractivity contribution in [3.05, 3.63) is 53.6 Å². The molecule has 0 spiro atoms. The van der Waals surface area contributed by atoms with Gasteiger partial charge in [0.15, 0.2) is 0 Å². The normalized spacial score (nSPS) is 29.3. The number of halogens is 1. The molecule has 2 amide bonds. The first-order valence-electron chi connectivity index (χ1n) is 9.03. The van der Waals surface area contributed by atoms with E-state index in [0.717, 1.165) is 19.3 Å². The van der Waals surface area contributed by atoms with Crippen LogP contribution in [0.2, 0.25) is 5.02 Å². The second-order valence-electron chi connectivity index (χ2n) is 7.45. The molecule has 3 fully saturated rings. The molecule has 26 heavy (non-hydrogen) atoms. The third-order valence-corrected chi connectivity index (χ3v) is 6.32. The maximum atomic E-state index is 12.9. The average Bonchev–Trinajstić information content (AvgIpc) is 3.32. The fourth-order valence-electron chi connectivity index (χ4n) is 4.97. The number of nitrogens with zero attached hydrogens (tertiary/aromatic N) is 1. The number of ether oxygens (including phenoxy) is 1. The van der Waals surface area contributed by atoms with Gasteiger partial charge in [-0.3, -0.25) is 14.5 Å². The average molecular weight is 368 g/mol. The summed E-state index contributed by atoms with van der Waals surface area (Å²) in [4.78, 5) is 27.1. The molecule has 0 radical (unpaired) electrons. The van der Waals surface area contributed by atoms with Crippen LogP contribution in [-0.2, 0) is 9.59 Å². The van der Waals surface area contributed by atoms with Gasteiger partial charge in [0.2, 0.25) is 11.8 Å². The van der Waals surface area contributed by atoms with Crippen LogP contribution in [0.5, 0.6) is 11.5 Å². The summed E-state index contributed by atoms with van der Waals surface area (Å²) in [5.41, 5.74) is 0.636. The summed E-state index contributed by atoms with van der Waals surface area (Å²) in [6.07, 6.45) is 3.23. The number of hydrogen-bond donors (Lipinski definition) is 0. The highest BCUT2D eigenvalue weighted by Gasteiger charge is 2.61. The number of hydrogen-bond acceptors (Lipinski definition) is 3. The fraction of sp³-hybridized carbons (Fsp3) is 0.333. The highest BCUT2D eigenvalue weighted by Crippen LogP contribution is 2.56. The molecule has 0 unspecified atom stereocenters. The molecule has 1 heterocycles. The van der Waals surface area contributed by atoms with Gasteiger partial charge in [0, 0.05) is 5.02 Å². The molecule has 132 valence electrons. The van der Waals surface area contributed by atoms with Crippen LogP contribution < -0.4 is 9.64 Å². The number of rotatable bonds is 3. The predicted octanol–water partition coefficient (Wildman–Crippen LogP) is 4.67. The highest BCUT2D eigenvalue weighted by molar-refractivity contribution is 6.30. The second kappa shape index (κ2) is 5.85. The first kappa shape index (κ1) is 15.9. The molecule has 3 aliphatic rings. The topological polar surface area (TPSA) is 46.6 Å². The molecular formula is C21H18ClNO3. The number of carbonyl (C=O) groups is 2. The minimum atomic E-state index is -0.0914. The van der Waals surface area contributed by atoms with Crippen molar-refractivity contribution in [1.82, 2.24) is 0 Å². The molecular weight excluding hydrogens is 350 g/mol. The Bertz CT molecular complexity index is 849. The van der Waals surface area contributed by atoms with Crippen LogP contribution in [0.4, 0.5) is 5.69 Å². The largest absolute Gasteiger partial charge is 0.457 e. The van der Waals surface area contributed by atoms with Gasteiger partial charge < -0.3 is 4.74 Å². The first-order chi connectivity index (χ1) is 12.6. The molecule has 2 aromatic carbocycles. The van der Waals surface area contributed by atoms with Gasteiger partial charge in [0.25, 0.3) is 0 Å². The van der Waals surface area contributed by atoms with Gasteiger partial charge in [0.05, 0.1) is 17.5 Å². The van der Waals surface area contributed by atoms with E-state index in [1.807, 2.05) is 0 Å². The lowest BCUT2D eigenvalue weighted by molar-refractivity contribution is -0.123. The molecule has 5 heteroatoms. The molecule has 1 aliphatic heterocycles. The lowest BCUT2D eigenvalue weighted by Gasteiger charge is -2.19. The molecule has 2 saturated carbocycles. The summed E-state index contributed by atoms with van der Waals surface area (Å²) in [6.45, 7) is 0. The Balaban J connectivity index is 1.37. The zero-order chi connectivity index (χ0) is 17.8. The van der Waals surface area contributed by atoms with Crippen molar-refractivity contribution in [2.75, 3.05) is 4.90 Å². The predicted molar refractivity (Wildman–Crippen MR) is 98.3 cm³/mol. The van der Waals surface area contributed by atoms with Gasteiger partial charge in [-0.2, -0.15) is 0 Å². The summed E-state index contributed by atoms with van der Waals surface area (Å²) in [5, 5.41) is 0.651. The summed E-state index contributed by atoms with van der Waals surface area (Å²) in [6, 6.07) is 14.2. The second-order valence-corrected chi connectivity index (χ2v) is 7.88. The lowest BCUT2D eigenvalue weighted by atomic mass is 9.81. The van der Waals surface area contributed by atoms with E-state index in [-0.39, 0.29) is 23.7 Å². The minimum Gasteiger partial charge on any atom is -0.457 e. The maximum Gasteiger partial charge on any atom is 0.237 e. The quantitative estimate of drug-likeness (QED) is 0.741. The Hall–Kier alpha value is -2.33. The Morgan fingerprint density at radius 3 is 1.85 bits per heavy atom. The number of imide groups is 1. The van der Waals surface area contributed by atoms with Gasteiger partial charge in [0.1, 0.15) is 11.5 Å². The van der Waals surface area contributed by atoms with Crippen molar-refractivity contribution in [3.8, 4) is 11.5 Å². The molecule has 5 rings (SSSR count). The van der Waals surface area contributed by atoms with Crippen LogP contribution in [0.3, 0.4) is 0 Å². The van der Waals surface area contributed by atoms with Crippen molar-refractivity contribution in [3.63, 3.8) is 0 Å². The Kier molecular flexibility index (Phi) is 3.57. The zero-order valence-electron chi connectivity index (χ0n) is 14.1. The van der Waals surface area contributed by atoms with Gasteiger partial charge in [-0.15, -0.1) is 0 Å². The maximum absolute atomic E-state index is 12.9. The summed E-state index contributed by atoms with van der Waals surface area (Å²) in [7, 11) is 0. The molecule has 0 N–H and O–H groups in total. The van der Waals surface area contributed by atoms with Crippen LogP contribution in [0.15, 0.2) is 48.5 Å². The molecule has 2 aliphatic carbocycles. The molecule has 2 aromatic rings. The molecule has 4 atom stereocenters. The van der Waals surface area contributed by atoms with Crippen molar-refractivity contribution in [2.24, 2.45) is 23.7 Å². The molecule has 2 bridgehead atoms.